The van der Waals surface area contributed by atoms with E-state index >= 15 is 0 Å². The van der Waals surface area contributed by atoms with E-state index in [4.69, 9.17) is 0 Å². The number of aromatic nitrogens is 2. The van der Waals surface area contributed by atoms with E-state index < -0.39 is 0 Å². The van der Waals surface area contributed by atoms with Crippen LogP contribution in [0, 0.1) is 0 Å². The second-order valence-electron chi connectivity index (χ2n) is 4.50. The van der Waals surface area contributed by atoms with Gasteiger partial charge < -0.3 is 10.6 Å². The number of carbonyl (C=O) groups is 1. The van der Waals surface area contributed by atoms with E-state index in [1.165, 1.54) is 0 Å². The molecule has 0 aromatic carbocycles. The van der Waals surface area contributed by atoms with Gasteiger partial charge >= 0.3 is 0 Å². The summed E-state index contributed by atoms with van der Waals surface area (Å²) >= 11 is 0. The van der Waals surface area contributed by atoms with Crippen LogP contribution in [0.1, 0.15) is 45.3 Å². The van der Waals surface area contributed by atoms with E-state index in [1.807, 2.05) is 23.9 Å². The van der Waals surface area contributed by atoms with Crippen molar-refractivity contribution in [2.45, 2.75) is 46.2 Å². The summed E-state index contributed by atoms with van der Waals surface area (Å²) in [4.78, 5) is 11.4. The average Bonchev–Trinajstić information content (AvgIpc) is 2.84. The summed E-state index contributed by atoms with van der Waals surface area (Å²) in [6, 6.07) is 2.41. The second-order valence-corrected chi connectivity index (χ2v) is 4.50. The molecule has 0 radical (unpaired) electrons. The molecule has 0 aliphatic heterocycles. The Balaban J connectivity index is 2.27. The molecule has 1 heterocycles. The normalized spacial score (nSPS) is 12.4. The van der Waals surface area contributed by atoms with Gasteiger partial charge in [0, 0.05) is 25.3 Å². The molecular weight excluding hydrogens is 228 g/mol. The second kappa shape index (κ2) is 7.87. The summed E-state index contributed by atoms with van der Waals surface area (Å²) in [5.41, 5.74) is 0.971. The number of amides is 1. The molecule has 1 aromatic heterocycles. The van der Waals surface area contributed by atoms with Crippen molar-refractivity contribution in [3.8, 4) is 0 Å². The molecule has 1 rings (SSSR count). The molecule has 1 aromatic rings. The molecule has 0 bridgehead atoms. The van der Waals surface area contributed by atoms with Gasteiger partial charge in [-0.1, -0.05) is 13.8 Å². The van der Waals surface area contributed by atoms with Crippen LogP contribution in [0.25, 0.3) is 0 Å². The van der Waals surface area contributed by atoms with E-state index in [1.54, 1.807) is 0 Å². The fraction of sp³-hybridized carbons (Fsp3) is 0.692. The highest BCUT2D eigenvalue weighted by Gasteiger charge is 2.05. The fourth-order valence-corrected chi connectivity index (χ4v) is 1.54. The molecule has 0 fully saturated rings. The van der Waals surface area contributed by atoms with Crippen molar-refractivity contribution in [1.29, 1.82) is 0 Å². The number of hydrogen-bond donors (Lipinski definition) is 2. The quantitative estimate of drug-likeness (QED) is 0.736. The molecule has 1 atom stereocenters. The first-order valence-corrected chi connectivity index (χ1v) is 6.68. The minimum absolute atomic E-state index is 0.0400. The van der Waals surface area contributed by atoms with E-state index in [2.05, 4.69) is 29.6 Å². The zero-order valence-electron chi connectivity index (χ0n) is 11.6. The van der Waals surface area contributed by atoms with Crippen LogP contribution in [0.2, 0.25) is 0 Å². The highest BCUT2D eigenvalue weighted by atomic mass is 16.1. The first kappa shape index (κ1) is 14.7. The summed E-state index contributed by atoms with van der Waals surface area (Å²) in [5, 5.41) is 10.4. The van der Waals surface area contributed by atoms with Crippen LogP contribution in [0.4, 0.5) is 0 Å². The lowest BCUT2D eigenvalue weighted by Crippen LogP contribution is -2.34. The van der Waals surface area contributed by atoms with Crippen molar-refractivity contribution < 1.29 is 4.79 Å². The van der Waals surface area contributed by atoms with Gasteiger partial charge in [-0.2, -0.15) is 5.10 Å². The molecule has 0 spiro atoms. The minimum Gasteiger partial charge on any atom is -0.355 e. The van der Waals surface area contributed by atoms with Crippen LogP contribution < -0.4 is 10.6 Å². The Labute approximate surface area is 109 Å². The lowest BCUT2D eigenvalue weighted by Gasteiger charge is -2.08. The number of hydrogen-bond acceptors (Lipinski definition) is 3. The van der Waals surface area contributed by atoms with Crippen molar-refractivity contribution in [3.63, 3.8) is 0 Å². The standard InChI is InChI=1S/C13H24N4O/c1-4-7-15-13(18)10-14-9-12-6-8-17(16-12)11(3)5-2/h6,8,11,14H,4-5,7,9-10H2,1-3H3,(H,15,18). The van der Waals surface area contributed by atoms with Crippen LogP contribution in [0.5, 0.6) is 0 Å². The Morgan fingerprint density at radius 3 is 2.94 bits per heavy atom. The summed E-state index contributed by atoms with van der Waals surface area (Å²) in [6.07, 6.45) is 4.02. The Morgan fingerprint density at radius 1 is 1.50 bits per heavy atom. The average molecular weight is 252 g/mol. The predicted octanol–water partition coefficient (Wildman–Crippen LogP) is 1.47. The first-order valence-electron chi connectivity index (χ1n) is 6.68. The summed E-state index contributed by atoms with van der Waals surface area (Å²) < 4.78 is 1.97. The van der Waals surface area contributed by atoms with Gasteiger partial charge in [-0.05, 0) is 25.8 Å². The maximum absolute atomic E-state index is 11.4. The molecule has 0 aliphatic carbocycles. The summed E-state index contributed by atoms with van der Waals surface area (Å²) in [7, 11) is 0. The molecule has 0 aliphatic rings. The van der Waals surface area contributed by atoms with Crippen LogP contribution in [0.15, 0.2) is 12.3 Å². The van der Waals surface area contributed by atoms with Crippen LogP contribution >= 0.6 is 0 Å². The van der Waals surface area contributed by atoms with Crippen LogP contribution in [-0.4, -0.2) is 28.8 Å². The van der Waals surface area contributed by atoms with E-state index in [-0.39, 0.29) is 5.91 Å². The molecule has 2 N–H and O–H groups in total. The lowest BCUT2D eigenvalue weighted by molar-refractivity contribution is -0.120. The maximum Gasteiger partial charge on any atom is 0.233 e. The molecule has 102 valence electrons. The Hall–Kier alpha value is -1.36. The molecule has 1 unspecified atom stereocenters. The third kappa shape index (κ3) is 4.87. The Morgan fingerprint density at radius 2 is 2.28 bits per heavy atom. The number of nitrogens with one attached hydrogen (secondary N) is 2. The van der Waals surface area contributed by atoms with Gasteiger partial charge in [0.15, 0.2) is 0 Å². The SMILES string of the molecule is CCCNC(=O)CNCc1ccn(C(C)CC)n1. The highest BCUT2D eigenvalue weighted by Crippen LogP contribution is 2.08. The van der Waals surface area contributed by atoms with Gasteiger partial charge in [-0.15, -0.1) is 0 Å². The minimum atomic E-state index is 0.0400. The Bertz CT molecular complexity index is 362. The lowest BCUT2D eigenvalue weighted by atomic mass is 10.3. The number of nitrogens with zero attached hydrogens (tertiary/aromatic N) is 2. The smallest absolute Gasteiger partial charge is 0.233 e. The monoisotopic (exact) mass is 252 g/mol. The van der Waals surface area contributed by atoms with Crippen molar-refractivity contribution >= 4 is 5.91 Å². The predicted molar refractivity (Wildman–Crippen MR) is 72.2 cm³/mol. The van der Waals surface area contributed by atoms with Gasteiger partial charge in [-0.25, -0.2) is 0 Å². The number of rotatable bonds is 8. The van der Waals surface area contributed by atoms with Gasteiger partial charge in [0.1, 0.15) is 0 Å². The van der Waals surface area contributed by atoms with Gasteiger partial charge in [0.25, 0.3) is 0 Å². The van der Waals surface area contributed by atoms with E-state index in [0.717, 1.165) is 25.1 Å². The first-order chi connectivity index (χ1) is 8.67. The van der Waals surface area contributed by atoms with E-state index in [0.29, 0.717) is 19.1 Å². The van der Waals surface area contributed by atoms with Gasteiger partial charge in [0.2, 0.25) is 5.91 Å². The van der Waals surface area contributed by atoms with Crippen LogP contribution in [0.3, 0.4) is 0 Å². The van der Waals surface area contributed by atoms with Gasteiger partial charge in [0.05, 0.1) is 12.2 Å². The molecule has 0 saturated heterocycles. The topological polar surface area (TPSA) is 59.0 Å². The van der Waals surface area contributed by atoms with Crippen molar-refractivity contribution in [3.05, 3.63) is 18.0 Å². The largest absolute Gasteiger partial charge is 0.355 e. The number of carbonyl (C=O) groups excluding carboxylic acids is 1. The molecule has 5 nitrogen and oxygen atoms in total. The molecule has 5 heteroatoms. The fourth-order valence-electron chi connectivity index (χ4n) is 1.54. The van der Waals surface area contributed by atoms with Crippen molar-refractivity contribution in [1.82, 2.24) is 20.4 Å². The van der Waals surface area contributed by atoms with E-state index in [9.17, 15) is 4.79 Å². The summed E-state index contributed by atoms with van der Waals surface area (Å²) in [5.74, 6) is 0.0400. The molecule has 18 heavy (non-hydrogen) atoms. The zero-order valence-corrected chi connectivity index (χ0v) is 11.6. The third-order valence-electron chi connectivity index (χ3n) is 2.87. The highest BCUT2D eigenvalue weighted by molar-refractivity contribution is 5.77. The maximum atomic E-state index is 11.4. The molecule has 1 amide bonds. The molecule has 0 saturated carbocycles. The molecular formula is C13H24N4O. The summed E-state index contributed by atoms with van der Waals surface area (Å²) in [6.45, 7) is 8.03. The zero-order chi connectivity index (χ0) is 13.4. The third-order valence-corrected chi connectivity index (χ3v) is 2.87. The van der Waals surface area contributed by atoms with Gasteiger partial charge in [-0.3, -0.25) is 9.48 Å². The van der Waals surface area contributed by atoms with Crippen molar-refractivity contribution in [2.24, 2.45) is 0 Å². The van der Waals surface area contributed by atoms with Crippen molar-refractivity contribution in [2.75, 3.05) is 13.1 Å². The Kier molecular flexibility index (Phi) is 6.43. The van der Waals surface area contributed by atoms with Crippen LogP contribution in [-0.2, 0) is 11.3 Å².